The Bertz CT molecular complexity index is 889. The molecule has 2 rings (SSSR count). The van der Waals surface area contributed by atoms with Gasteiger partial charge in [-0.25, -0.2) is 0 Å². The summed E-state index contributed by atoms with van der Waals surface area (Å²) in [4.78, 5) is 25.5. The van der Waals surface area contributed by atoms with Gasteiger partial charge in [0.15, 0.2) is 0 Å². The monoisotopic (exact) mass is 423 g/mol. The average molecular weight is 424 g/mol. The zero-order valence-electron chi connectivity index (χ0n) is 19.1. The van der Waals surface area contributed by atoms with Crippen LogP contribution >= 0.6 is 0 Å². The summed E-state index contributed by atoms with van der Waals surface area (Å²) in [5.41, 5.74) is 2.83. The molecule has 166 valence electrons. The van der Waals surface area contributed by atoms with E-state index >= 15 is 0 Å². The summed E-state index contributed by atoms with van der Waals surface area (Å²) >= 11 is 0. The Kier molecular flexibility index (Phi) is 8.79. The number of rotatable bonds is 10. The lowest BCUT2D eigenvalue weighted by molar-refractivity contribution is -0.129. The van der Waals surface area contributed by atoms with E-state index in [1.165, 1.54) is 6.92 Å². The predicted molar refractivity (Wildman–Crippen MR) is 125 cm³/mol. The van der Waals surface area contributed by atoms with Crippen LogP contribution in [0.25, 0.3) is 0 Å². The molecule has 0 saturated carbocycles. The molecule has 0 aromatic heterocycles. The van der Waals surface area contributed by atoms with Crippen LogP contribution < -0.4 is 10.1 Å². The van der Waals surface area contributed by atoms with Crippen molar-refractivity contribution in [3.63, 3.8) is 0 Å². The third-order valence-electron chi connectivity index (χ3n) is 5.05. The molecule has 6 heteroatoms. The van der Waals surface area contributed by atoms with Crippen molar-refractivity contribution in [1.29, 1.82) is 5.41 Å². The second-order valence-corrected chi connectivity index (χ2v) is 8.31. The summed E-state index contributed by atoms with van der Waals surface area (Å²) in [5, 5.41) is 11.2. The Morgan fingerprint density at radius 3 is 2.19 bits per heavy atom. The molecule has 0 spiro atoms. The molecule has 0 radical (unpaired) electrons. The summed E-state index contributed by atoms with van der Waals surface area (Å²) in [6.07, 6.45) is 0.746. The van der Waals surface area contributed by atoms with Gasteiger partial charge in [-0.05, 0) is 48.2 Å². The first-order valence-electron chi connectivity index (χ1n) is 10.6. The van der Waals surface area contributed by atoms with Gasteiger partial charge in [0.1, 0.15) is 5.75 Å². The van der Waals surface area contributed by atoms with Crippen molar-refractivity contribution in [2.75, 3.05) is 19.0 Å². The maximum atomic E-state index is 12.4. The molecule has 0 saturated heterocycles. The molecule has 6 nitrogen and oxygen atoms in total. The van der Waals surface area contributed by atoms with E-state index < -0.39 is 0 Å². The number of carbonyl (C=O) groups is 2. The first-order chi connectivity index (χ1) is 14.7. The number of nitrogens with one attached hydrogen (secondary N) is 2. The fourth-order valence-electron chi connectivity index (χ4n) is 2.97. The van der Waals surface area contributed by atoms with Crippen molar-refractivity contribution in [3.8, 4) is 5.75 Å². The third-order valence-corrected chi connectivity index (χ3v) is 5.05. The molecule has 2 aromatic carbocycles. The van der Waals surface area contributed by atoms with Crippen molar-refractivity contribution < 1.29 is 14.3 Å². The van der Waals surface area contributed by atoms with Crippen LogP contribution in [0.1, 0.15) is 45.2 Å². The van der Waals surface area contributed by atoms with E-state index in [1.807, 2.05) is 43.3 Å². The number of benzene rings is 2. The Morgan fingerprint density at radius 2 is 1.65 bits per heavy atom. The third kappa shape index (κ3) is 7.89. The molecule has 2 amide bonds. The van der Waals surface area contributed by atoms with E-state index in [2.05, 4.69) is 19.2 Å². The van der Waals surface area contributed by atoms with Crippen LogP contribution in [0.15, 0.2) is 48.5 Å². The average Bonchev–Trinajstić information content (AvgIpc) is 2.72. The minimum absolute atomic E-state index is 0.0175. The van der Waals surface area contributed by atoms with E-state index in [9.17, 15) is 9.59 Å². The minimum Gasteiger partial charge on any atom is -0.493 e. The number of hydrogen-bond donors (Lipinski definition) is 2. The van der Waals surface area contributed by atoms with E-state index in [1.54, 1.807) is 24.1 Å². The smallest absolute Gasteiger partial charge is 0.228 e. The second kappa shape index (κ2) is 11.3. The Hall–Kier alpha value is -3.15. The molecule has 1 atom stereocenters. The van der Waals surface area contributed by atoms with Crippen molar-refractivity contribution in [2.45, 2.75) is 46.6 Å². The van der Waals surface area contributed by atoms with Crippen LogP contribution in [0.4, 0.5) is 5.69 Å². The van der Waals surface area contributed by atoms with E-state index in [0.717, 1.165) is 16.9 Å². The van der Waals surface area contributed by atoms with Gasteiger partial charge >= 0.3 is 0 Å². The number of hydrogen-bond acceptors (Lipinski definition) is 4. The second-order valence-electron chi connectivity index (χ2n) is 8.31. The highest BCUT2D eigenvalue weighted by Gasteiger charge is 2.15. The normalized spacial score (nSPS) is 11.7. The van der Waals surface area contributed by atoms with Crippen molar-refractivity contribution >= 4 is 23.2 Å². The zero-order valence-corrected chi connectivity index (χ0v) is 19.1. The van der Waals surface area contributed by atoms with Crippen LogP contribution in [0, 0.1) is 11.3 Å². The number of amides is 2. The van der Waals surface area contributed by atoms with Crippen molar-refractivity contribution in [2.24, 2.45) is 5.92 Å². The molecule has 0 aliphatic rings. The lowest BCUT2D eigenvalue weighted by Crippen LogP contribution is -2.34. The van der Waals surface area contributed by atoms with Gasteiger partial charge in [-0.3, -0.25) is 9.59 Å². The number of anilines is 1. The highest BCUT2D eigenvalue weighted by Crippen LogP contribution is 2.16. The van der Waals surface area contributed by atoms with Gasteiger partial charge in [-0.1, -0.05) is 38.1 Å². The van der Waals surface area contributed by atoms with E-state index in [4.69, 9.17) is 10.1 Å². The first kappa shape index (κ1) is 24.1. The minimum atomic E-state index is -0.101. The predicted octanol–water partition coefficient (Wildman–Crippen LogP) is 4.53. The highest BCUT2D eigenvalue weighted by molar-refractivity contribution is 5.99. The molecule has 2 aromatic rings. The van der Waals surface area contributed by atoms with Crippen molar-refractivity contribution in [1.82, 2.24) is 4.90 Å². The fourth-order valence-corrected chi connectivity index (χ4v) is 2.97. The maximum Gasteiger partial charge on any atom is 0.228 e. The first-order valence-corrected chi connectivity index (χ1v) is 10.6. The van der Waals surface area contributed by atoms with Gasteiger partial charge in [-0.15, -0.1) is 0 Å². The van der Waals surface area contributed by atoms with E-state index in [-0.39, 0.29) is 24.3 Å². The Morgan fingerprint density at radius 1 is 1.03 bits per heavy atom. The molecular formula is C25H33N3O3. The van der Waals surface area contributed by atoms with Crippen LogP contribution in [0.3, 0.4) is 0 Å². The molecule has 0 aliphatic carbocycles. The van der Waals surface area contributed by atoms with Gasteiger partial charge in [0.2, 0.25) is 11.8 Å². The molecule has 31 heavy (non-hydrogen) atoms. The highest BCUT2D eigenvalue weighted by atomic mass is 16.5. The molecule has 0 bridgehead atoms. The SMILES string of the molecule is CC(=O)N(C)C(C)CC(=N)c1ccc(NC(=O)Cc2ccc(OCC(C)C)cc2)cc1. The molecule has 2 N–H and O–H groups in total. The maximum absolute atomic E-state index is 12.4. The van der Waals surface area contributed by atoms with Gasteiger partial charge in [0, 0.05) is 37.8 Å². The van der Waals surface area contributed by atoms with Crippen LogP contribution in [-0.4, -0.2) is 42.1 Å². The lowest BCUT2D eigenvalue weighted by atomic mass is 10.0. The quantitative estimate of drug-likeness (QED) is 0.551. The topological polar surface area (TPSA) is 82.5 Å². The molecule has 0 fully saturated rings. The summed E-state index contributed by atoms with van der Waals surface area (Å²) in [6, 6.07) is 14.8. The largest absolute Gasteiger partial charge is 0.493 e. The van der Waals surface area contributed by atoms with Gasteiger partial charge < -0.3 is 20.4 Å². The fraction of sp³-hybridized carbons (Fsp3) is 0.400. The summed E-state index contributed by atoms with van der Waals surface area (Å²) in [5.74, 6) is 1.15. The van der Waals surface area contributed by atoms with Gasteiger partial charge in [-0.2, -0.15) is 0 Å². The summed E-state index contributed by atoms with van der Waals surface area (Å²) in [6.45, 7) is 8.31. The Balaban J connectivity index is 1.87. The Labute approximate surface area is 185 Å². The number of nitrogens with zero attached hydrogens (tertiary/aromatic N) is 1. The molecule has 1 unspecified atom stereocenters. The summed E-state index contributed by atoms with van der Waals surface area (Å²) < 4.78 is 5.66. The van der Waals surface area contributed by atoms with Gasteiger partial charge in [0.25, 0.3) is 0 Å². The summed E-state index contributed by atoms with van der Waals surface area (Å²) in [7, 11) is 1.74. The molecule has 0 aliphatic heterocycles. The standard InChI is InChI=1S/C25H33N3O3/c1-17(2)16-31-23-12-6-20(7-13-23)15-25(30)27-22-10-8-21(9-11-22)24(26)14-18(3)28(5)19(4)29/h6-13,17-18,26H,14-16H2,1-5H3,(H,27,30). The zero-order chi connectivity index (χ0) is 23.0. The number of carbonyl (C=O) groups excluding carboxylic acids is 2. The van der Waals surface area contributed by atoms with Crippen molar-refractivity contribution in [3.05, 3.63) is 59.7 Å². The molecular weight excluding hydrogens is 390 g/mol. The molecule has 0 heterocycles. The van der Waals surface area contributed by atoms with Crippen LogP contribution in [0.2, 0.25) is 0 Å². The van der Waals surface area contributed by atoms with Gasteiger partial charge in [0.05, 0.1) is 13.0 Å². The van der Waals surface area contributed by atoms with E-state index in [0.29, 0.717) is 30.3 Å². The number of ether oxygens (including phenoxy) is 1. The van der Waals surface area contributed by atoms with Crippen LogP contribution in [0.5, 0.6) is 5.75 Å². The lowest BCUT2D eigenvalue weighted by Gasteiger charge is -2.23. The van der Waals surface area contributed by atoms with Crippen LogP contribution in [-0.2, 0) is 16.0 Å².